The highest BCUT2D eigenvalue weighted by molar-refractivity contribution is 5.87. The molecule has 1 amide bonds. The van der Waals surface area contributed by atoms with Gasteiger partial charge < -0.3 is 4.90 Å². The molecule has 4 heteroatoms. The minimum atomic E-state index is -0.00477. The van der Waals surface area contributed by atoms with Gasteiger partial charge in [0, 0.05) is 0 Å². The molecule has 2 heterocycles. The van der Waals surface area contributed by atoms with Crippen molar-refractivity contribution in [1.29, 1.82) is 0 Å². The van der Waals surface area contributed by atoms with Crippen molar-refractivity contribution in [3.63, 3.8) is 0 Å². The first-order valence-corrected chi connectivity index (χ1v) is 7.08. The van der Waals surface area contributed by atoms with Crippen LogP contribution in [0.3, 0.4) is 0 Å². The molecule has 4 nitrogen and oxygen atoms in total. The maximum absolute atomic E-state index is 11.8. The second-order valence-corrected chi connectivity index (χ2v) is 4.58. The average molecular weight is 263 g/mol. The van der Waals surface area contributed by atoms with Crippen molar-refractivity contribution < 1.29 is 4.79 Å². The number of carbonyl (C=O) groups excluding carboxylic acids is 1. The Morgan fingerprint density at radius 3 is 2.63 bits per heavy atom. The first-order valence-electron chi connectivity index (χ1n) is 7.08. The van der Waals surface area contributed by atoms with Gasteiger partial charge in [-0.05, 0) is 32.4 Å². The van der Waals surface area contributed by atoms with E-state index in [0.717, 1.165) is 17.8 Å². The summed E-state index contributed by atoms with van der Waals surface area (Å²) in [6.45, 7) is 14.4. The van der Waals surface area contributed by atoms with E-state index in [0.29, 0.717) is 6.54 Å². The Morgan fingerprint density at radius 2 is 2.11 bits per heavy atom. The molecule has 0 spiro atoms. The number of aromatic nitrogens is 2. The zero-order valence-electron chi connectivity index (χ0n) is 12.7. The second kappa shape index (κ2) is 6.55. The van der Waals surface area contributed by atoms with Crippen molar-refractivity contribution in [1.82, 2.24) is 14.7 Å². The van der Waals surface area contributed by atoms with Crippen LogP contribution in [0, 0.1) is 0 Å². The van der Waals surface area contributed by atoms with Crippen LogP contribution in [-0.2, 0) is 17.8 Å². The highest BCUT2D eigenvalue weighted by Crippen LogP contribution is 2.27. The van der Waals surface area contributed by atoms with E-state index in [9.17, 15) is 4.79 Å². The van der Waals surface area contributed by atoms with Crippen LogP contribution in [0.1, 0.15) is 52.0 Å². The van der Waals surface area contributed by atoms with Gasteiger partial charge in [-0.25, -0.2) is 0 Å². The molecule has 1 aliphatic rings. The van der Waals surface area contributed by atoms with Crippen molar-refractivity contribution in [2.45, 2.75) is 59.7 Å². The molecule has 2 rings (SSSR count). The summed E-state index contributed by atoms with van der Waals surface area (Å²) in [7, 11) is 0. The molecule has 1 aliphatic heterocycles. The fourth-order valence-electron chi connectivity index (χ4n) is 2.31. The molecule has 19 heavy (non-hydrogen) atoms. The Balaban J connectivity index is 0.000000861. The molecular formula is C15H25N3O. The minimum Gasteiger partial charge on any atom is -0.328 e. The summed E-state index contributed by atoms with van der Waals surface area (Å²) in [5.74, 6) is -0.00477. The van der Waals surface area contributed by atoms with Crippen LogP contribution >= 0.6 is 0 Å². The molecule has 0 fully saturated rings. The molecule has 0 saturated carbocycles. The zero-order valence-corrected chi connectivity index (χ0v) is 12.7. The molecule has 1 aromatic rings. The summed E-state index contributed by atoms with van der Waals surface area (Å²) in [6, 6.07) is 2.45. The zero-order chi connectivity index (χ0) is 14.6. The molecule has 0 aromatic carbocycles. The summed E-state index contributed by atoms with van der Waals surface area (Å²) in [6.07, 6.45) is 2.31. The number of amides is 1. The highest BCUT2D eigenvalue weighted by atomic mass is 16.2. The quantitative estimate of drug-likeness (QED) is 0.769. The standard InChI is InChI=1S/C13H19N3O.C2H6/c1-5-11-7-12-8-15(13(17)6-2)9(3)10(4)16(12)14-11;1-2/h6-7,9-10H,2,5,8H2,1,3-4H3;1-2H3. The third-order valence-electron chi connectivity index (χ3n) is 3.59. The number of carbonyl (C=O) groups is 1. The van der Waals surface area contributed by atoms with E-state index in [1.807, 2.05) is 18.7 Å². The Labute approximate surface area is 116 Å². The van der Waals surface area contributed by atoms with Crippen molar-refractivity contribution in [2.75, 3.05) is 0 Å². The number of rotatable bonds is 2. The highest BCUT2D eigenvalue weighted by Gasteiger charge is 2.32. The molecule has 2 atom stereocenters. The monoisotopic (exact) mass is 263 g/mol. The Morgan fingerprint density at radius 1 is 1.47 bits per heavy atom. The van der Waals surface area contributed by atoms with E-state index in [1.54, 1.807) is 0 Å². The summed E-state index contributed by atoms with van der Waals surface area (Å²) >= 11 is 0. The first kappa shape index (κ1) is 15.5. The number of nitrogens with zero attached hydrogens (tertiary/aromatic N) is 3. The molecule has 1 aromatic heterocycles. The lowest BCUT2D eigenvalue weighted by Gasteiger charge is -2.37. The molecule has 0 bridgehead atoms. The van der Waals surface area contributed by atoms with Crippen molar-refractivity contribution in [2.24, 2.45) is 0 Å². The van der Waals surface area contributed by atoms with Gasteiger partial charge in [0.2, 0.25) is 5.91 Å². The van der Waals surface area contributed by atoms with Gasteiger partial charge in [-0.1, -0.05) is 27.4 Å². The van der Waals surface area contributed by atoms with Crippen LogP contribution in [-0.4, -0.2) is 26.6 Å². The van der Waals surface area contributed by atoms with Crippen LogP contribution < -0.4 is 0 Å². The topological polar surface area (TPSA) is 38.1 Å². The summed E-state index contributed by atoms with van der Waals surface area (Å²) in [5.41, 5.74) is 2.20. The fourth-order valence-corrected chi connectivity index (χ4v) is 2.31. The molecule has 2 unspecified atom stereocenters. The van der Waals surface area contributed by atoms with Gasteiger partial charge in [0.15, 0.2) is 0 Å². The smallest absolute Gasteiger partial charge is 0.246 e. The van der Waals surface area contributed by atoms with Crippen LogP contribution in [0.5, 0.6) is 0 Å². The van der Waals surface area contributed by atoms with Gasteiger partial charge in [-0.2, -0.15) is 5.10 Å². The van der Waals surface area contributed by atoms with Crippen LogP contribution in [0.15, 0.2) is 18.7 Å². The number of aryl methyl sites for hydroxylation is 1. The maximum atomic E-state index is 11.8. The fraction of sp³-hybridized carbons (Fsp3) is 0.600. The van der Waals surface area contributed by atoms with Gasteiger partial charge >= 0.3 is 0 Å². The number of hydrogen-bond donors (Lipinski definition) is 0. The van der Waals surface area contributed by atoms with E-state index < -0.39 is 0 Å². The van der Waals surface area contributed by atoms with Crippen molar-refractivity contribution >= 4 is 5.91 Å². The third kappa shape index (κ3) is 2.88. The van der Waals surface area contributed by atoms with Crippen LogP contribution in [0.25, 0.3) is 0 Å². The molecule has 0 N–H and O–H groups in total. The predicted octanol–water partition coefficient (Wildman–Crippen LogP) is 2.95. The van der Waals surface area contributed by atoms with Crippen molar-refractivity contribution in [3.05, 3.63) is 30.1 Å². The van der Waals surface area contributed by atoms with Gasteiger partial charge in [0.25, 0.3) is 0 Å². The lowest BCUT2D eigenvalue weighted by Crippen LogP contribution is -2.46. The maximum Gasteiger partial charge on any atom is 0.246 e. The largest absolute Gasteiger partial charge is 0.328 e. The van der Waals surface area contributed by atoms with E-state index in [2.05, 4.69) is 43.2 Å². The lowest BCUT2D eigenvalue weighted by molar-refractivity contribution is -0.130. The van der Waals surface area contributed by atoms with E-state index in [1.165, 1.54) is 6.08 Å². The normalized spacial score (nSPS) is 21.2. The predicted molar refractivity (Wildman–Crippen MR) is 77.9 cm³/mol. The molecular weight excluding hydrogens is 238 g/mol. The van der Waals surface area contributed by atoms with Gasteiger partial charge in [-0.15, -0.1) is 0 Å². The van der Waals surface area contributed by atoms with Crippen LogP contribution in [0.4, 0.5) is 0 Å². The molecule has 0 saturated heterocycles. The summed E-state index contributed by atoms with van der Waals surface area (Å²) in [4.78, 5) is 13.6. The van der Waals surface area contributed by atoms with E-state index >= 15 is 0 Å². The number of fused-ring (bicyclic) bond motifs is 1. The van der Waals surface area contributed by atoms with Crippen molar-refractivity contribution in [3.8, 4) is 0 Å². The van der Waals surface area contributed by atoms with E-state index in [4.69, 9.17) is 0 Å². The Kier molecular flexibility index (Phi) is 5.33. The van der Waals surface area contributed by atoms with Gasteiger partial charge in [0.05, 0.1) is 30.0 Å². The summed E-state index contributed by atoms with van der Waals surface area (Å²) in [5, 5.41) is 4.57. The van der Waals surface area contributed by atoms with Crippen LogP contribution in [0.2, 0.25) is 0 Å². The molecule has 0 aliphatic carbocycles. The first-order chi connectivity index (χ1) is 9.08. The van der Waals surface area contributed by atoms with E-state index in [-0.39, 0.29) is 18.0 Å². The van der Waals surface area contributed by atoms with Gasteiger partial charge in [0.1, 0.15) is 0 Å². The summed E-state index contributed by atoms with van der Waals surface area (Å²) < 4.78 is 2.05. The SMILES string of the molecule is C=CC(=O)N1Cc2cc(CC)nn2C(C)C1C.CC. The Hall–Kier alpha value is -1.58. The van der Waals surface area contributed by atoms with Gasteiger partial charge in [-0.3, -0.25) is 9.48 Å². The third-order valence-corrected chi connectivity index (χ3v) is 3.59. The minimum absolute atomic E-state index is 0.00477. The lowest BCUT2D eigenvalue weighted by atomic mass is 10.1. The number of hydrogen-bond acceptors (Lipinski definition) is 2. The Bertz CT molecular complexity index is 450. The molecule has 106 valence electrons. The average Bonchev–Trinajstić information content (AvgIpc) is 2.87. The molecule has 0 radical (unpaired) electrons. The second-order valence-electron chi connectivity index (χ2n) is 4.58.